The molecule has 0 bridgehead atoms. The molecule has 3 fully saturated rings. The highest BCUT2D eigenvalue weighted by Gasteiger charge is 2.41. The second-order valence-corrected chi connectivity index (χ2v) is 8.68. The van der Waals surface area contributed by atoms with Crippen molar-refractivity contribution in [2.75, 3.05) is 59.2 Å². The maximum atomic E-state index is 12.8. The maximum absolute atomic E-state index is 12.8. The quantitative estimate of drug-likeness (QED) is 0.591. The molecule has 3 aliphatic heterocycles. The molecule has 6 heteroatoms. The number of likely N-dealkylation sites (tertiary alicyclic amines) is 2. The van der Waals surface area contributed by atoms with Crippen molar-refractivity contribution in [1.82, 2.24) is 9.80 Å². The first kappa shape index (κ1) is 22.0. The van der Waals surface area contributed by atoms with E-state index in [0.29, 0.717) is 25.0 Å². The van der Waals surface area contributed by atoms with Crippen molar-refractivity contribution in [3.63, 3.8) is 0 Å². The first-order valence-corrected chi connectivity index (χ1v) is 11.5. The molecular formula is C22H40N2O4. The van der Waals surface area contributed by atoms with E-state index in [-0.39, 0.29) is 11.7 Å². The minimum absolute atomic E-state index is 0.0855. The van der Waals surface area contributed by atoms with Crippen molar-refractivity contribution in [2.24, 2.45) is 5.92 Å². The van der Waals surface area contributed by atoms with E-state index in [2.05, 4.69) is 16.7 Å². The Kier molecular flexibility index (Phi) is 8.57. The van der Waals surface area contributed by atoms with Crippen molar-refractivity contribution in [1.29, 1.82) is 0 Å². The molecule has 3 aliphatic rings. The van der Waals surface area contributed by atoms with Crippen LogP contribution in [0.2, 0.25) is 0 Å². The fourth-order valence-corrected chi connectivity index (χ4v) is 4.94. The zero-order chi connectivity index (χ0) is 19.8. The average Bonchev–Trinajstić information content (AvgIpc) is 2.72. The van der Waals surface area contributed by atoms with Crippen LogP contribution in [-0.4, -0.2) is 86.6 Å². The number of piperidine rings is 2. The molecule has 0 saturated carbocycles. The Morgan fingerprint density at radius 2 is 1.82 bits per heavy atom. The molecule has 0 aromatic rings. The third-order valence-corrected chi connectivity index (χ3v) is 6.88. The lowest BCUT2D eigenvalue weighted by atomic mass is 9.83. The standard InChI is InChI=1S/C22H40N2O4/c1-3-23-10-5-19(6-11-23)17-21(25)24-12-8-22(9-13-24)18-20(7-14-28-22)27-16-15-26-4-2/h19-20H,3-18H2,1-2H3. The molecule has 1 atom stereocenters. The fourth-order valence-electron chi connectivity index (χ4n) is 4.94. The normalized spacial score (nSPS) is 26.6. The SMILES string of the molecule is CCOCCOC1CCOC2(CCN(C(=O)CC3CCN(CC)CC3)CC2)C1. The molecule has 1 spiro atoms. The Labute approximate surface area is 170 Å². The Morgan fingerprint density at radius 3 is 2.50 bits per heavy atom. The average molecular weight is 397 g/mol. The van der Waals surface area contributed by atoms with E-state index in [1.54, 1.807) is 0 Å². The van der Waals surface area contributed by atoms with E-state index < -0.39 is 0 Å². The van der Waals surface area contributed by atoms with E-state index in [9.17, 15) is 4.79 Å². The molecule has 28 heavy (non-hydrogen) atoms. The summed E-state index contributed by atoms with van der Waals surface area (Å²) in [4.78, 5) is 17.4. The van der Waals surface area contributed by atoms with Gasteiger partial charge in [-0.1, -0.05) is 6.92 Å². The zero-order valence-electron chi connectivity index (χ0n) is 18.0. The number of ether oxygens (including phenoxy) is 3. The van der Waals surface area contributed by atoms with Crippen LogP contribution in [-0.2, 0) is 19.0 Å². The molecule has 0 aromatic carbocycles. The number of amides is 1. The van der Waals surface area contributed by atoms with Crippen molar-refractivity contribution in [2.45, 2.75) is 70.5 Å². The summed E-state index contributed by atoms with van der Waals surface area (Å²) in [6, 6.07) is 0. The second-order valence-electron chi connectivity index (χ2n) is 8.68. The number of carbonyl (C=O) groups is 1. The van der Waals surface area contributed by atoms with Crippen LogP contribution in [0.15, 0.2) is 0 Å². The molecule has 0 aromatic heterocycles. The van der Waals surface area contributed by atoms with Gasteiger partial charge in [0.1, 0.15) is 0 Å². The van der Waals surface area contributed by atoms with Crippen LogP contribution in [0.1, 0.15) is 58.8 Å². The van der Waals surface area contributed by atoms with E-state index >= 15 is 0 Å². The summed E-state index contributed by atoms with van der Waals surface area (Å²) in [5, 5.41) is 0. The minimum atomic E-state index is -0.0855. The topological polar surface area (TPSA) is 51.2 Å². The van der Waals surface area contributed by atoms with Crippen LogP contribution in [0.4, 0.5) is 0 Å². The molecule has 3 rings (SSSR count). The second kappa shape index (κ2) is 10.9. The van der Waals surface area contributed by atoms with E-state index in [0.717, 1.165) is 78.0 Å². The summed E-state index contributed by atoms with van der Waals surface area (Å²) < 4.78 is 17.6. The zero-order valence-corrected chi connectivity index (χ0v) is 18.0. The number of hydrogen-bond acceptors (Lipinski definition) is 5. The van der Waals surface area contributed by atoms with E-state index in [1.807, 2.05) is 6.92 Å². The van der Waals surface area contributed by atoms with Crippen LogP contribution < -0.4 is 0 Å². The first-order valence-electron chi connectivity index (χ1n) is 11.5. The monoisotopic (exact) mass is 396 g/mol. The van der Waals surface area contributed by atoms with Gasteiger partial charge in [0.15, 0.2) is 0 Å². The summed E-state index contributed by atoms with van der Waals surface area (Å²) in [5.41, 5.74) is -0.0855. The molecule has 0 aliphatic carbocycles. The van der Waals surface area contributed by atoms with Crippen molar-refractivity contribution in [3.05, 3.63) is 0 Å². The molecule has 6 nitrogen and oxygen atoms in total. The van der Waals surface area contributed by atoms with Crippen molar-refractivity contribution >= 4 is 5.91 Å². The molecule has 0 radical (unpaired) electrons. The lowest BCUT2D eigenvalue weighted by Gasteiger charge is -2.46. The van der Waals surface area contributed by atoms with Gasteiger partial charge in [-0.2, -0.15) is 0 Å². The van der Waals surface area contributed by atoms with Crippen LogP contribution in [0, 0.1) is 5.92 Å². The highest BCUT2D eigenvalue weighted by atomic mass is 16.5. The molecule has 1 amide bonds. The van der Waals surface area contributed by atoms with Gasteiger partial charge < -0.3 is 24.0 Å². The summed E-state index contributed by atoms with van der Waals surface area (Å²) in [7, 11) is 0. The first-order chi connectivity index (χ1) is 13.6. The van der Waals surface area contributed by atoms with Gasteiger partial charge in [0.05, 0.1) is 24.9 Å². The summed E-state index contributed by atoms with van der Waals surface area (Å²) >= 11 is 0. The van der Waals surface area contributed by atoms with Crippen LogP contribution >= 0.6 is 0 Å². The van der Waals surface area contributed by atoms with Crippen LogP contribution in [0.25, 0.3) is 0 Å². The van der Waals surface area contributed by atoms with Gasteiger partial charge in [0, 0.05) is 39.1 Å². The Bertz CT molecular complexity index is 471. The molecule has 3 heterocycles. The predicted molar refractivity (Wildman–Crippen MR) is 109 cm³/mol. The summed E-state index contributed by atoms with van der Waals surface area (Å²) in [6.07, 6.45) is 7.14. The van der Waals surface area contributed by atoms with Gasteiger partial charge >= 0.3 is 0 Å². The van der Waals surface area contributed by atoms with Gasteiger partial charge in [-0.05, 0) is 64.6 Å². The number of nitrogens with zero attached hydrogens (tertiary/aromatic N) is 2. The Balaban J connectivity index is 1.39. The fraction of sp³-hybridized carbons (Fsp3) is 0.955. The molecular weight excluding hydrogens is 356 g/mol. The van der Waals surface area contributed by atoms with E-state index in [1.165, 1.54) is 12.8 Å². The van der Waals surface area contributed by atoms with E-state index in [4.69, 9.17) is 14.2 Å². The lowest BCUT2D eigenvalue weighted by Crippen LogP contribution is -2.52. The maximum Gasteiger partial charge on any atom is 0.222 e. The number of rotatable bonds is 8. The van der Waals surface area contributed by atoms with Gasteiger partial charge in [0.25, 0.3) is 0 Å². The number of hydrogen-bond donors (Lipinski definition) is 0. The van der Waals surface area contributed by atoms with Gasteiger partial charge in [-0.25, -0.2) is 0 Å². The Morgan fingerprint density at radius 1 is 1.07 bits per heavy atom. The predicted octanol–water partition coefficient (Wildman–Crippen LogP) is 2.70. The molecule has 0 N–H and O–H groups in total. The minimum Gasteiger partial charge on any atom is -0.379 e. The highest BCUT2D eigenvalue weighted by Crippen LogP contribution is 2.36. The number of carbonyl (C=O) groups excluding carboxylic acids is 1. The Hall–Kier alpha value is -0.690. The smallest absolute Gasteiger partial charge is 0.222 e. The molecule has 162 valence electrons. The van der Waals surface area contributed by atoms with Gasteiger partial charge in [-0.15, -0.1) is 0 Å². The molecule has 3 saturated heterocycles. The largest absolute Gasteiger partial charge is 0.379 e. The van der Waals surface area contributed by atoms with Gasteiger partial charge in [0.2, 0.25) is 5.91 Å². The lowest BCUT2D eigenvalue weighted by molar-refractivity contribution is -0.163. The van der Waals surface area contributed by atoms with Crippen molar-refractivity contribution < 1.29 is 19.0 Å². The highest BCUT2D eigenvalue weighted by molar-refractivity contribution is 5.76. The molecule has 1 unspecified atom stereocenters. The summed E-state index contributed by atoms with van der Waals surface area (Å²) in [5.74, 6) is 0.922. The third kappa shape index (κ3) is 6.15. The van der Waals surface area contributed by atoms with Crippen LogP contribution in [0.3, 0.4) is 0 Å². The van der Waals surface area contributed by atoms with Crippen LogP contribution in [0.5, 0.6) is 0 Å². The summed E-state index contributed by atoms with van der Waals surface area (Å²) in [6.45, 7) is 12.2. The van der Waals surface area contributed by atoms with Crippen molar-refractivity contribution in [3.8, 4) is 0 Å². The third-order valence-electron chi connectivity index (χ3n) is 6.88. The van der Waals surface area contributed by atoms with Gasteiger partial charge in [-0.3, -0.25) is 4.79 Å².